The number of benzene rings is 4. The highest BCUT2D eigenvalue weighted by Gasteiger charge is 2.15. The fourth-order valence-corrected chi connectivity index (χ4v) is 5.64. The van der Waals surface area contributed by atoms with Crippen LogP contribution in [-0.4, -0.2) is 29.9 Å². The molecule has 0 atom stereocenters. The number of hydrogen-bond donors (Lipinski definition) is 0. The van der Waals surface area contributed by atoms with Crippen LogP contribution in [0.5, 0.6) is 0 Å². The molecular weight excluding hydrogens is 552 g/mol. The average molecular weight is 579 g/mol. The van der Waals surface area contributed by atoms with Gasteiger partial charge in [-0.05, 0) is 42.3 Å². The van der Waals surface area contributed by atoms with E-state index >= 15 is 0 Å². The minimum absolute atomic E-state index is 0.536. The SMILES string of the molecule is Cc1cc(-c2ccc(-c3nc(-c4ccccc4)nc(-c4ccccn4)n3)cc2)c2ccc3ccc(-c4ccccc4)nc3c2n1. The van der Waals surface area contributed by atoms with Crippen LogP contribution in [-0.2, 0) is 0 Å². The van der Waals surface area contributed by atoms with Crippen LogP contribution in [0, 0.1) is 6.92 Å². The van der Waals surface area contributed by atoms with Crippen molar-refractivity contribution in [2.75, 3.05) is 0 Å². The lowest BCUT2D eigenvalue weighted by Crippen LogP contribution is -2.01. The normalized spacial score (nSPS) is 11.2. The monoisotopic (exact) mass is 578 g/mol. The predicted molar refractivity (Wildman–Crippen MR) is 180 cm³/mol. The van der Waals surface area contributed by atoms with Crippen LogP contribution in [0.2, 0.25) is 0 Å². The summed E-state index contributed by atoms with van der Waals surface area (Å²) >= 11 is 0. The van der Waals surface area contributed by atoms with E-state index in [1.165, 1.54) is 0 Å². The van der Waals surface area contributed by atoms with Crippen molar-refractivity contribution in [2.45, 2.75) is 6.92 Å². The molecule has 0 fully saturated rings. The first-order valence-corrected chi connectivity index (χ1v) is 14.8. The van der Waals surface area contributed by atoms with Gasteiger partial charge in [-0.2, -0.15) is 0 Å². The van der Waals surface area contributed by atoms with Crippen LogP contribution >= 0.6 is 0 Å². The van der Waals surface area contributed by atoms with Crippen molar-refractivity contribution in [3.05, 3.63) is 145 Å². The van der Waals surface area contributed by atoms with Crippen LogP contribution in [0.1, 0.15) is 5.69 Å². The second-order valence-electron chi connectivity index (χ2n) is 10.9. The van der Waals surface area contributed by atoms with Gasteiger partial charge >= 0.3 is 0 Å². The second kappa shape index (κ2) is 11.2. The Balaban J connectivity index is 1.23. The Morgan fingerprint density at radius 1 is 0.422 bits per heavy atom. The molecule has 6 nitrogen and oxygen atoms in total. The lowest BCUT2D eigenvalue weighted by atomic mass is 9.97. The maximum atomic E-state index is 5.08. The van der Waals surface area contributed by atoms with E-state index in [1.807, 2.05) is 73.7 Å². The van der Waals surface area contributed by atoms with Crippen LogP contribution in [0.15, 0.2) is 140 Å². The molecule has 0 bridgehead atoms. The van der Waals surface area contributed by atoms with Gasteiger partial charge in [0.1, 0.15) is 5.69 Å². The standard InChI is InChI=1S/C39H26N6/c1-25-24-32(31-21-19-28-20-22-33(27-10-4-2-5-11-27)42-35(28)36(31)41-25)26-15-17-30(18-16-26)38-43-37(29-12-6-3-7-13-29)44-39(45-38)34-14-8-9-23-40-34/h2-24H,1H3. The minimum Gasteiger partial charge on any atom is -0.253 e. The van der Waals surface area contributed by atoms with E-state index in [-0.39, 0.29) is 0 Å². The second-order valence-corrected chi connectivity index (χ2v) is 10.9. The molecule has 212 valence electrons. The molecule has 8 aromatic rings. The van der Waals surface area contributed by atoms with Crippen molar-refractivity contribution in [3.63, 3.8) is 0 Å². The third-order valence-corrected chi connectivity index (χ3v) is 7.85. The Kier molecular flexibility index (Phi) is 6.57. The summed E-state index contributed by atoms with van der Waals surface area (Å²) in [7, 11) is 0. The zero-order valence-electron chi connectivity index (χ0n) is 24.5. The van der Waals surface area contributed by atoms with Gasteiger partial charge in [0, 0.05) is 39.4 Å². The molecule has 0 aliphatic rings. The molecule has 0 saturated carbocycles. The van der Waals surface area contributed by atoms with E-state index in [0.717, 1.165) is 61.0 Å². The smallest absolute Gasteiger partial charge is 0.182 e. The van der Waals surface area contributed by atoms with E-state index in [1.54, 1.807) is 6.20 Å². The van der Waals surface area contributed by atoms with E-state index in [0.29, 0.717) is 23.2 Å². The van der Waals surface area contributed by atoms with Crippen molar-refractivity contribution in [1.82, 2.24) is 29.9 Å². The van der Waals surface area contributed by atoms with Crippen LogP contribution in [0.4, 0.5) is 0 Å². The van der Waals surface area contributed by atoms with Crippen LogP contribution in [0.3, 0.4) is 0 Å². The molecule has 0 spiro atoms. The summed E-state index contributed by atoms with van der Waals surface area (Å²) in [4.78, 5) is 29.0. The lowest BCUT2D eigenvalue weighted by Gasteiger charge is -2.12. The number of aromatic nitrogens is 6. The van der Waals surface area contributed by atoms with E-state index in [9.17, 15) is 0 Å². The highest BCUT2D eigenvalue weighted by atomic mass is 15.0. The van der Waals surface area contributed by atoms with Crippen LogP contribution < -0.4 is 0 Å². The van der Waals surface area contributed by atoms with Gasteiger partial charge in [-0.25, -0.2) is 19.9 Å². The quantitative estimate of drug-likeness (QED) is 0.190. The first-order valence-electron chi connectivity index (χ1n) is 14.8. The van der Waals surface area contributed by atoms with Crippen molar-refractivity contribution in [1.29, 1.82) is 0 Å². The highest BCUT2D eigenvalue weighted by Crippen LogP contribution is 2.34. The zero-order valence-corrected chi connectivity index (χ0v) is 24.5. The highest BCUT2D eigenvalue weighted by molar-refractivity contribution is 6.08. The van der Waals surface area contributed by atoms with Gasteiger partial charge in [0.15, 0.2) is 17.5 Å². The topological polar surface area (TPSA) is 77.3 Å². The number of hydrogen-bond acceptors (Lipinski definition) is 6. The van der Waals surface area contributed by atoms with Crippen molar-refractivity contribution in [2.24, 2.45) is 0 Å². The minimum atomic E-state index is 0.536. The van der Waals surface area contributed by atoms with Gasteiger partial charge in [0.2, 0.25) is 0 Å². The maximum Gasteiger partial charge on any atom is 0.182 e. The van der Waals surface area contributed by atoms with Crippen molar-refractivity contribution < 1.29 is 0 Å². The molecule has 8 rings (SSSR count). The first kappa shape index (κ1) is 26.5. The molecule has 0 aliphatic heterocycles. The molecule has 6 heteroatoms. The van der Waals surface area contributed by atoms with Crippen molar-refractivity contribution >= 4 is 21.8 Å². The van der Waals surface area contributed by atoms with Gasteiger partial charge in [0.25, 0.3) is 0 Å². The third kappa shape index (κ3) is 5.08. The van der Waals surface area contributed by atoms with Gasteiger partial charge in [-0.3, -0.25) is 9.97 Å². The van der Waals surface area contributed by atoms with Gasteiger partial charge < -0.3 is 0 Å². The number of pyridine rings is 3. The summed E-state index contributed by atoms with van der Waals surface area (Å²) in [6.45, 7) is 2.03. The summed E-state index contributed by atoms with van der Waals surface area (Å²) in [5, 5.41) is 2.12. The summed E-state index contributed by atoms with van der Waals surface area (Å²) in [5.41, 5.74) is 9.45. The molecule has 0 radical (unpaired) electrons. The number of aryl methyl sites for hydroxylation is 1. The molecule has 0 unspecified atom stereocenters. The molecule has 0 aliphatic carbocycles. The van der Waals surface area contributed by atoms with E-state index < -0.39 is 0 Å². The van der Waals surface area contributed by atoms with Gasteiger partial charge in [-0.1, -0.05) is 109 Å². The molecule has 45 heavy (non-hydrogen) atoms. The molecule has 0 saturated heterocycles. The molecule has 4 heterocycles. The molecule has 0 N–H and O–H groups in total. The van der Waals surface area contributed by atoms with Crippen molar-refractivity contribution in [3.8, 4) is 56.7 Å². The average Bonchev–Trinajstić information content (AvgIpc) is 3.12. The third-order valence-electron chi connectivity index (χ3n) is 7.85. The zero-order chi connectivity index (χ0) is 30.2. The molecule has 0 amide bonds. The Morgan fingerprint density at radius 3 is 1.76 bits per heavy atom. The Bertz CT molecular complexity index is 2250. The van der Waals surface area contributed by atoms with Crippen LogP contribution in [0.25, 0.3) is 78.5 Å². The fourth-order valence-electron chi connectivity index (χ4n) is 5.64. The summed E-state index contributed by atoms with van der Waals surface area (Å²) in [6.07, 6.45) is 1.75. The molecule has 4 aromatic carbocycles. The Hall–Kier alpha value is -6.14. The molecule has 4 aromatic heterocycles. The number of nitrogens with zero attached hydrogens (tertiary/aromatic N) is 6. The van der Waals surface area contributed by atoms with Gasteiger partial charge in [0.05, 0.1) is 16.7 Å². The lowest BCUT2D eigenvalue weighted by molar-refractivity contribution is 1.06. The maximum absolute atomic E-state index is 5.08. The Morgan fingerprint density at radius 2 is 1.04 bits per heavy atom. The summed E-state index contributed by atoms with van der Waals surface area (Å²) in [6, 6.07) is 44.9. The predicted octanol–water partition coefficient (Wildman–Crippen LogP) is 9.01. The van der Waals surface area contributed by atoms with E-state index in [2.05, 4.69) is 71.7 Å². The summed E-state index contributed by atoms with van der Waals surface area (Å²) in [5.74, 6) is 1.74. The number of fused-ring (bicyclic) bond motifs is 3. The van der Waals surface area contributed by atoms with E-state index in [4.69, 9.17) is 24.9 Å². The summed E-state index contributed by atoms with van der Waals surface area (Å²) < 4.78 is 0. The fraction of sp³-hybridized carbons (Fsp3) is 0.0256. The largest absolute Gasteiger partial charge is 0.253 e. The number of rotatable bonds is 5. The first-order chi connectivity index (χ1) is 22.2. The van der Waals surface area contributed by atoms with Gasteiger partial charge in [-0.15, -0.1) is 0 Å². The molecular formula is C39H26N6. The Labute approximate surface area is 260 Å².